The van der Waals surface area contributed by atoms with E-state index in [-0.39, 0.29) is 19.1 Å². The summed E-state index contributed by atoms with van der Waals surface area (Å²) in [6.07, 6.45) is 2.11. The van der Waals surface area contributed by atoms with Gasteiger partial charge in [0.05, 0.1) is 31.1 Å². The molecule has 0 spiro atoms. The maximum Gasteiger partial charge on any atom is 0.311 e. The average Bonchev–Trinajstić information content (AvgIpc) is 3.07. The topological polar surface area (TPSA) is 80.0 Å². The average molecular weight is 281 g/mol. The van der Waals surface area contributed by atoms with Gasteiger partial charge in [0.15, 0.2) is 0 Å². The van der Waals surface area contributed by atoms with E-state index in [2.05, 4.69) is 0 Å². The van der Waals surface area contributed by atoms with Crippen LogP contribution in [0.5, 0.6) is 0 Å². The number of hydrogen-bond donors (Lipinski definition) is 1. The molecule has 0 radical (unpaired) electrons. The number of likely N-dealkylation sites (N-methyl/N-ethyl adjacent to an activating group) is 1. The maximum atomic E-state index is 12.6. The predicted octanol–water partition coefficient (Wildman–Crippen LogP) is 1.40. The molecule has 2 rings (SSSR count). The highest BCUT2D eigenvalue weighted by Gasteiger charge is 2.40. The van der Waals surface area contributed by atoms with Crippen LogP contribution in [0, 0.1) is 5.92 Å². The second-order valence-electron chi connectivity index (χ2n) is 4.75. The van der Waals surface area contributed by atoms with Gasteiger partial charge in [-0.3, -0.25) is 9.59 Å². The first-order chi connectivity index (χ1) is 9.60. The van der Waals surface area contributed by atoms with E-state index in [0.717, 1.165) is 0 Å². The monoisotopic (exact) mass is 281 g/mol. The first-order valence-corrected chi connectivity index (χ1v) is 6.78. The molecule has 1 saturated heterocycles. The number of aryl methyl sites for hydroxylation is 1. The van der Waals surface area contributed by atoms with Crippen LogP contribution in [0.25, 0.3) is 0 Å². The number of ether oxygens (including phenoxy) is 1. The van der Waals surface area contributed by atoms with Gasteiger partial charge in [-0.25, -0.2) is 0 Å². The van der Waals surface area contributed by atoms with Gasteiger partial charge in [-0.2, -0.15) is 0 Å². The number of furan rings is 1. The number of nitrogens with zero attached hydrogens (tertiary/aromatic N) is 1. The van der Waals surface area contributed by atoms with E-state index in [4.69, 9.17) is 9.15 Å². The van der Waals surface area contributed by atoms with Crippen LogP contribution >= 0.6 is 0 Å². The smallest absolute Gasteiger partial charge is 0.311 e. The molecule has 2 heterocycles. The Hall–Kier alpha value is -1.82. The fraction of sp³-hybridized carbons (Fsp3) is 0.571. The highest BCUT2D eigenvalue weighted by molar-refractivity contribution is 5.95. The second-order valence-corrected chi connectivity index (χ2v) is 4.75. The van der Waals surface area contributed by atoms with Crippen molar-refractivity contribution in [2.24, 2.45) is 5.92 Å². The molecule has 1 aromatic heterocycles. The van der Waals surface area contributed by atoms with Crippen molar-refractivity contribution >= 4 is 11.9 Å². The Kier molecular flexibility index (Phi) is 4.44. The normalized spacial score (nSPS) is 21.9. The van der Waals surface area contributed by atoms with E-state index >= 15 is 0 Å². The predicted molar refractivity (Wildman–Crippen MR) is 70.5 cm³/mol. The molecule has 0 aliphatic carbocycles. The molecule has 1 N–H and O–H groups in total. The summed E-state index contributed by atoms with van der Waals surface area (Å²) >= 11 is 0. The third-order valence-corrected chi connectivity index (χ3v) is 3.67. The Morgan fingerprint density at radius 1 is 1.40 bits per heavy atom. The minimum Gasteiger partial charge on any atom is -0.481 e. The molecule has 1 aromatic rings. The molecule has 2 unspecified atom stereocenters. The van der Waals surface area contributed by atoms with Crippen LogP contribution in [0.4, 0.5) is 0 Å². The van der Waals surface area contributed by atoms with Gasteiger partial charge in [0.1, 0.15) is 11.7 Å². The zero-order valence-electron chi connectivity index (χ0n) is 11.7. The third kappa shape index (κ3) is 2.56. The molecule has 1 aliphatic heterocycles. The fourth-order valence-electron chi connectivity index (χ4n) is 2.57. The van der Waals surface area contributed by atoms with E-state index in [1.54, 1.807) is 11.0 Å². The first-order valence-electron chi connectivity index (χ1n) is 6.78. The van der Waals surface area contributed by atoms with E-state index < -0.39 is 17.9 Å². The Bertz CT molecular complexity index is 496. The van der Waals surface area contributed by atoms with Crippen molar-refractivity contribution in [2.75, 3.05) is 19.8 Å². The molecule has 0 bridgehead atoms. The number of aliphatic carboxylic acids is 1. The number of carbonyl (C=O) groups excluding carboxylic acids is 1. The summed E-state index contributed by atoms with van der Waals surface area (Å²) in [6.45, 7) is 4.59. The van der Waals surface area contributed by atoms with Crippen molar-refractivity contribution < 1.29 is 23.8 Å². The molecular weight excluding hydrogens is 262 g/mol. The minimum absolute atomic E-state index is 0.149. The van der Waals surface area contributed by atoms with Crippen LogP contribution in [0.2, 0.25) is 0 Å². The fourth-order valence-corrected chi connectivity index (χ4v) is 2.57. The minimum atomic E-state index is -0.929. The molecule has 2 atom stereocenters. The summed E-state index contributed by atoms with van der Waals surface area (Å²) < 4.78 is 10.5. The van der Waals surface area contributed by atoms with Gasteiger partial charge < -0.3 is 19.2 Å². The van der Waals surface area contributed by atoms with Crippen molar-refractivity contribution in [3.63, 3.8) is 0 Å². The lowest BCUT2D eigenvalue weighted by Crippen LogP contribution is -2.46. The van der Waals surface area contributed by atoms with Crippen LogP contribution in [0.1, 0.15) is 30.0 Å². The summed E-state index contributed by atoms with van der Waals surface area (Å²) in [5.41, 5.74) is 0.505. The van der Waals surface area contributed by atoms with Crippen molar-refractivity contribution in [1.82, 2.24) is 4.90 Å². The molecular formula is C14H19NO5. The zero-order chi connectivity index (χ0) is 14.7. The Morgan fingerprint density at radius 2 is 2.15 bits per heavy atom. The van der Waals surface area contributed by atoms with Gasteiger partial charge in [-0.15, -0.1) is 0 Å². The molecule has 1 amide bonds. The molecule has 0 aromatic carbocycles. The molecule has 6 heteroatoms. The zero-order valence-corrected chi connectivity index (χ0v) is 11.7. The summed E-state index contributed by atoms with van der Waals surface area (Å²) in [7, 11) is 0. The van der Waals surface area contributed by atoms with Crippen molar-refractivity contribution in [2.45, 2.75) is 26.3 Å². The molecule has 0 saturated carbocycles. The van der Waals surface area contributed by atoms with E-state index in [1.807, 2.05) is 13.8 Å². The molecule has 110 valence electrons. The summed E-state index contributed by atoms with van der Waals surface area (Å²) in [5.74, 6) is -1.17. The highest BCUT2D eigenvalue weighted by atomic mass is 16.5. The number of carbonyl (C=O) groups is 2. The van der Waals surface area contributed by atoms with E-state index in [0.29, 0.717) is 24.3 Å². The SMILES string of the molecule is CCc1occc1C(=O)N(CC)C1COCC1C(=O)O. The number of rotatable bonds is 5. The maximum absolute atomic E-state index is 12.6. The van der Waals surface area contributed by atoms with Gasteiger partial charge in [-0.05, 0) is 13.0 Å². The van der Waals surface area contributed by atoms with Gasteiger partial charge in [0.25, 0.3) is 5.91 Å². The largest absolute Gasteiger partial charge is 0.481 e. The van der Waals surface area contributed by atoms with Crippen molar-refractivity contribution in [3.8, 4) is 0 Å². The Labute approximate surface area is 117 Å². The summed E-state index contributed by atoms with van der Waals surface area (Å²) in [5, 5.41) is 9.20. The van der Waals surface area contributed by atoms with Gasteiger partial charge in [-0.1, -0.05) is 6.92 Å². The Morgan fingerprint density at radius 3 is 2.75 bits per heavy atom. The lowest BCUT2D eigenvalue weighted by atomic mass is 10.0. The van der Waals surface area contributed by atoms with E-state index in [1.165, 1.54) is 6.26 Å². The first kappa shape index (κ1) is 14.6. The third-order valence-electron chi connectivity index (χ3n) is 3.67. The number of carboxylic acid groups (broad SMARTS) is 1. The van der Waals surface area contributed by atoms with Gasteiger partial charge in [0, 0.05) is 13.0 Å². The summed E-state index contributed by atoms with van der Waals surface area (Å²) in [6, 6.07) is 1.21. The molecule has 1 fully saturated rings. The van der Waals surface area contributed by atoms with Gasteiger partial charge in [0.2, 0.25) is 0 Å². The number of amides is 1. The molecule has 6 nitrogen and oxygen atoms in total. The van der Waals surface area contributed by atoms with Crippen LogP contribution in [0.3, 0.4) is 0 Å². The van der Waals surface area contributed by atoms with Crippen LogP contribution < -0.4 is 0 Å². The quantitative estimate of drug-likeness (QED) is 0.882. The van der Waals surface area contributed by atoms with Crippen LogP contribution in [-0.2, 0) is 16.0 Å². The number of hydrogen-bond acceptors (Lipinski definition) is 4. The highest BCUT2D eigenvalue weighted by Crippen LogP contribution is 2.23. The van der Waals surface area contributed by atoms with Crippen LogP contribution in [0.15, 0.2) is 16.7 Å². The lowest BCUT2D eigenvalue weighted by Gasteiger charge is -2.29. The second kappa shape index (κ2) is 6.09. The number of carboxylic acids is 1. The van der Waals surface area contributed by atoms with E-state index in [9.17, 15) is 14.7 Å². The van der Waals surface area contributed by atoms with Crippen molar-refractivity contribution in [1.29, 1.82) is 0 Å². The molecule has 20 heavy (non-hydrogen) atoms. The Balaban J connectivity index is 2.24. The molecule has 1 aliphatic rings. The standard InChI is InChI=1S/C14H19NO5/c1-3-12-9(5-6-20-12)13(16)15(4-2)11-8-19-7-10(11)14(17)18/h5-6,10-11H,3-4,7-8H2,1-2H3,(H,17,18). The van der Waals surface area contributed by atoms with Crippen LogP contribution in [-0.4, -0.2) is 47.7 Å². The van der Waals surface area contributed by atoms with Gasteiger partial charge >= 0.3 is 5.97 Å². The van der Waals surface area contributed by atoms with Crippen molar-refractivity contribution in [3.05, 3.63) is 23.7 Å². The summed E-state index contributed by atoms with van der Waals surface area (Å²) in [4.78, 5) is 25.4. The lowest BCUT2D eigenvalue weighted by molar-refractivity contribution is -0.142.